The molecule has 0 radical (unpaired) electrons. The molecule has 2 N–H and O–H groups in total. The molecule has 0 spiro atoms. The molecule has 0 saturated carbocycles. The lowest BCUT2D eigenvalue weighted by atomic mass is 10.2. The molecule has 56 heavy (non-hydrogen) atoms. The highest BCUT2D eigenvalue weighted by atomic mass is 32.2. The Morgan fingerprint density at radius 1 is 0.500 bits per heavy atom. The van der Waals surface area contributed by atoms with Gasteiger partial charge in [-0.2, -0.15) is 8.61 Å². The minimum absolute atomic E-state index is 0.0197. The number of nitro benzene ring substituents is 2. The van der Waals surface area contributed by atoms with Crippen molar-refractivity contribution in [3.63, 3.8) is 0 Å². The lowest BCUT2D eigenvalue weighted by molar-refractivity contribution is -0.388. The maximum atomic E-state index is 14.0. The van der Waals surface area contributed by atoms with Crippen LogP contribution in [0.5, 0.6) is 0 Å². The predicted octanol–water partition coefficient (Wildman–Crippen LogP) is 3.54. The number of nitrogens with one attached hydrogen (secondary N) is 2. The van der Waals surface area contributed by atoms with E-state index < -0.39 is 90.7 Å². The van der Waals surface area contributed by atoms with Gasteiger partial charge >= 0.3 is 0 Å². The summed E-state index contributed by atoms with van der Waals surface area (Å²) in [6, 6.07) is 21.1. The molecule has 0 aliphatic rings. The molecule has 4 rings (SSSR count). The number of aryl methyl sites for hydroxylation is 2. The van der Waals surface area contributed by atoms with Gasteiger partial charge < -0.3 is 0 Å². The minimum Gasteiger partial charge on any atom is -0.258 e. The maximum absolute atomic E-state index is 14.0. The normalized spacial score (nSPS) is 12.6. The van der Waals surface area contributed by atoms with Crippen molar-refractivity contribution in [2.75, 3.05) is 39.3 Å². The van der Waals surface area contributed by atoms with Gasteiger partial charge in [0, 0.05) is 51.4 Å². The summed E-state index contributed by atoms with van der Waals surface area (Å²) in [6.45, 7) is 1.10. The van der Waals surface area contributed by atoms with E-state index in [2.05, 4.69) is 9.44 Å². The van der Waals surface area contributed by atoms with Crippen molar-refractivity contribution in [2.24, 2.45) is 0 Å². The quantitative estimate of drug-likeness (QED) is 0.0694. The molecule has 0 heterocycles. The van der Waals surface area contributed by atoms with E-state index in [1.165, 1.54) is 48.5 Å². The molecule has 0 fully saturated rings. The Morgan fingerprint density at radius 2 is 0.893 bits per heavy atom. The van der Waals surface area contributed by atoms with Crippen LogP contribution in [0.25, 0.3) is 0 Å². The van der Waals surface area contributed by atoms with Gasteiger partial charge in [0.25, 0.3) is 11.4 Å². The van der Waals surface area contributed by atoms with Crippen molar-refractivity contribution in [3.8, 4) is 0 Å². The van der Waals surface area contributed by atoms with Crippen LogP contribution in [0.15, 0.2) is 117 Å². The van der Waals surface area contributed by atoms with Gasteiger partial charge in [-0.25, -0.2) is 43.1 Å². The topological polar surface area (TPSA) is 253 Å². The average molecular weight is 853 g/mol. The van der Waals surface area contributed by atoms with Gasteiger partial charge in [-0.05, 0) is 63.1 Å². The first-order valence-electron chi connectivity index (χ1n) is 16.9. The Bertz CT molecular complexity index is 2480. The number of hydrogen-bond donors (Lipinski definition) is 2. The maximum Gasteiger partial charge on any atom is 0.289 e. The van der Waals surface area contributed by atoms with Crippen molar-refractivity contribution in [1.29, 1.82) is 0 Å². The van der Waals surface area contributed by atoms with E-state index in [0.29, 0.717) is 0 Å². The van der Waals surface area contributed by atoms with Crippen LogP contribution in [0.3, 0.4) is 0 Å². The number of rotatable bonds is 21. The molecule has 0 atom stereocenters. The Labute approximate surface area is 325 Å². The highest BCUT2D eigenvalue weighted by Gasteiger charge is 2.33. The molecule has 0 bridgehead atoms. The smallest absolute Gasteiger partial charge is 0.258 e. The van der Waals surface area contributed by atoms with Crippen molar-refractivity contribution >= 4 is 51.5 Å². The second kappa shape index (κ2) is 18.5. The Kier molecular flexibility index (Phi) is 14.6. The third-order valence-corrected chi connectivity index (χ3v) is 15.2. The molecule has 0 aliphatic heterocycles. The molecule has 302 valence electrons. The molecule has 0 saturated heterocycles. The minimum atomic E-state index is -4.70. The zero-order valence-corrected chi connectivity index (χ0v) is 33.5. The van der Waals surface area contributed by atoms with Crippen LogP contribution >= 0.6 is 0 Å². The number of benzene rings is 4. The summed E-state index contributed by atoms with van der Waals surface area (Å²) in [5.41, 5.74) is 0.191. The fourth-order valence-corrected chi connectivity index (χ4v) is 10.8. The van der Waals surface area contributed by atoms with E-state index in [9.17, 15) is 53.9 Å². The molecule has 18 nitrogen and oxygen atoms in total. The highest BCUT2D eigenvalue weighted by molar-refractivity contribution is 7.90. The summed E-state index contributed by atoms with van der Waals surface area (Å²) < 4.78 is 114. The van der Waals surface area contributed by atoms with Gasteiger partial charge in [0.2, 0.25) is 40.1 Å². The molecule has 22 heteroatoms. The van der Waals surface area contributed by atoms with Gasteiger partial charge in [-0.3, -0.25) is 20.2 Å². The Morgan fingerprint density at radius 3 is 1.38 bits per heavy atom. The number of sulfonamides is 4. The van der Waals surface area contributed by atoms with Gasteiger partial charge in [0.15, 0.2) is 9.79 Å². The van der Waals surface area contributed by atoms with Crippen LogP contribution in [-0.4, -0.2) is 91.4 Å². The highest BCUT2D eigenvalue weighted by Crippen LogP contribution is 2.27. The van der Waals surface area contributed by atoms with E-state index in [4.69, 9.17) is 0 Å². The molecular weight excluding hydrogens is 813 g/mol. The van der Waals surface area contributed by atoms with Gasteiger partial charge in [-0.1, -0.05) is 59.7 Å². The van der Waals surface area contributed by atoms with E-state index in [0.717, 1.165) is 44.0 Å². The van der Waals surface area contributed by atoms with Crippen molar-refractivity contribution in [2.45, 2.75) is 46.3 Å². The summed E-state index contributed by atoms with van der Waals surface area (Å²) >= 11 is 0. The predicted molar refractivity (Wildman–Crippen MR) is 206 cm³/mol. The Hall–Kier alpha value is -4.68. The summed E-state index contributed by atoms with van der Waals surface area (Å²) in [5.74, 6) is 0. The molecule has 0 unspecified atom stereocenters. The van der Waals surface area contributed by atoms with Crippen molar-refractivity contribution < 1.29 is 43.5 Å². The number of hydrogen-bond acceptors (Lipinski definition) is 12. The zero-order chi connectivity index (χ0) is 41.3. The standard InChI is InChI=1S/C34H40N6O12S4/c1-27-13-17-29(18-14-27)53(45,46)35-21-7-24-38(56(51,52)34-12-6-4-10-32(34)40(43)44)26-25-37(55(49,50)30-19-15-28(2)16-20-30)23-8-22-36-54(47,48)33-11-5-3-9-31(33)39(41)42/h3-6,9-20,35-36H,7-8,21-26H2,1-2H3. The van der Waals surface area contributed by atoms with Gasteiger partial charge in [-0.15, -0.1) is 0 Å². The van der Waals surface area contributed by atoms with Gasteiger partial charge in [0.05, 0.1) is 19.6 Å². The average Bonchev–Trinajstić information content (AvgIpc) is 3.15. The summed E-state index contributed by atoms with van der Waals surface area (Å²) in [6.07, 6.45) is -0.286. The second-order valence-electron chi connectivity index (χ2n) is 12.4. The first-order chi connectivity index (χ1) is 26.3. The molecule has 4 aromatic carbocycles. The number of para-hydroxylation sites is 2. The molecule has 0 aliphatic carbocycles. The monoisotopic (exact) mass is 852 g/mol. The Balaban J connectivity index is 1.60. The number of nitro groups is 2. The summed E-state index contributed by atoms with van der Waals surface area (Å²) in [5, 5.41) is 23.3. The molecule has 0 amide bonds. The fraction of sp³-hybridized carbons (Fsp3) is 0.294. The first-order valence-corrected chi connectivity index (χ1v) is 22.7. The second-order valence-corrected chi connectivity index (χ2v) is 19.7. The van der Waals surface area contributed by atoms with E-state index >= 15 is 0 Å². The SMILES string of the molecule is Cc1ccc(S(=O)(=O)NCCCN(CCN(CCCNS(=O)(=O)c2ccccc2[N+](=O)[O-])S(=O)(=O)c2ccc(C)cc2)S(=O)(=O)c2ccccc2[N+](=O)[O-])cc1. The van der Waals surface area contributed by atoms with Crippen molar-refractivity contribution in [1.82, 2.24) is 18.1 Å². The first kappa shape index (κ1) is 44.0. The zero-order valence-electron chi connectivity index (χ0n) is 30.2. The van der Waals surface area contributed by atoms with Gasteiger partial charge in [0.1, 0.15) is 0 Å². The lowest BCUT2D eigenvalue weighted by Crippen LogP contribution is -2.43. The van der Waals surface area contributed by atoms with E-state index in [1.54, 1.807) is 38.1 Å². The van der Waals surface area contributed by atoms with Crippen LogP contribution in [0.2, 0.25) is 0 Å². The van der Waals surface area contributed by atoms with Crippen LogP contribution in [0, 0.1) is 34.1 Å². The fourth-order valence-electron chi connectivity index (χ4n) is 5.39. The summed E-state index contributed by atoms with van der Waals surface area (Å²) in [7, 11) is -17.5. The van der Waals surface area contributed by atoms with E-state index in [-0.39, 0.29) is 42.3 Å². The van der Waals surface area contributed by atoms with Crippen LogP contribution in [0.4, 0.5) is 11.4 Å². The third kappa shape index (κ3) is 11.0. The molecule has 0 aromatic heterocycles. The summed E-state index contributed by atoms with van der Waals surface area (Å²) in [4.78, 5) is 20.1. The molecular formula is C34H40N6O12S4. The molecule has 4 aromatic rings. The lowest BCUT2D eigenvalue weighted by Gasteiger charge is -2.27. The van der Waals surface area contributed by atoms with Crippen molar-refractivity contribution in [3.05, 3.63) is 128 Å². The largest absolute Gasteiger partial charge is 0.289 e. The van der Waals surface area contributed by atoms with Crippen LogP contribution in [-0.2, 0) is 40.1 Å². The number of nitrogens with zero attached hydrogens (tertiary/aromatic N) is 4. The van der Waals surface area contributed by atoms with Crippen LogP contribution < -0.4 is 9.44 Å². The van der Waals surface area contributed by atoms with E-state index in [1.807, 2.05) is 0 Å². The van der Waals surface area contributed by atoms with Crippen LogP contribution in [0.1, 0.15) is 24.0 Å². The third-order valence-electron chi connectivity index (χ3n) is 8.37.